The van der Waals surface area contributed by atoms with Gasteiger partial charge in [-0.1, -0.05) is 24.3 Å². The quantitative estimate of drug-likeness (QED) is 0.441. The zero-order chi connectivity index (χ0) is 19.1. The maximum Gasteiger partial charge on any atom is 0.363 e. The van der Waals surface area contributed by atoms with Gasteiger partial charge in [0.2, 0.25) is 0 Å². The molecule has 2 aromatic carbocycles. The van der Waals surface area contributed by atoms with E-state index in [2.05, 4.69) is 10.6 Å². The number of nitrogens with zero attached hydrogens (tertiary/aromatic N) is 2. The Kier molecular flexibility index (Phi) is 6.05. The highest BCUT2D eigenvalue weighted by molar-refractivity contribution is 5.50. The number of hydrogen-bond donors (Lipinski definition) is 2. The Labute approximate surface area is 150 Å². The minimum absolute atomic E-state index is 0.596. The van der Waals surface area contributed by atoms with E-state index in [1.165, 1.54) is 0 Å². The van der Waals surface area contributed by atoms with Crippen molar-refractivity contribution in [1.29, 1.82) is 0 Å². The molecular formula is C18H18N4O4. The number of nitrogens with one attached hydrogen (secondary N) is 2. The Morgan fingerprint density at radius 2 is 1.19 bits per heavy atom. The van der Waals surface area contributed by atoms with Crippen LogP contribution >= 0.6 is 0 Å². The van der Waals surface area contributed by atoms with Crippen molar-refractivity contribution < 1.29 is 9.85 Å². The predicted octanol–water partition coefficient (Wildman–Crippen LogP) is 4.06. The molecule has 0 bridgehead atoms. The lowest BCUT2D eigenvalue weighted by Crippen LogP contribution is -2.13. The minimum Gasteiger partial charge on any atom is -0.356 e. The van der Waals surface area contributed by atoms with Crippen LogP contribution in [0.4, 0.5) is 11.4 Å². The van der Waals surface area contributed by atoms with Gasteiger partial charge in [-0.3, -0.25) is 20.2 Å². The second-order valence-electron chi connectivity index (χ2n) is 5.60. The van der Waals surface area contributed by atoms with Gasteiger partial charge in [0, 0.05) is 11.4 Å². The van der Waals surface area contributed by atoms with E-state index in [0.29, 0.717) is 11.4 Å². The zero-order valence-electron chi connectivity index (χ0n) is 14.3. The van der Waals surface area contributed by atoms with Crippen LogP contribution in [-0.2, 0) is 0 Å². The van der Waals surface area contributed by atoms with E-state index in [1.54, 1.807) is 36.4 Å². The third-order valence-corrected chi connectivity index (χ3v) is 3.44. The Balaban J connectivity index is 2.30. The van der Waals surface area contributed by atoms with Gasteiger partial charge < -0.3 is 10.6 Å². The van der Waals surface area contributed by atoms with Crippen molar-refractivity contribution in [3.63, 3.8) is 0 Å². The average Bonchev–Trinajstić information content (AvgIpc) is 2.57. The van der Waals surface area contributed by atoms with E-state index >= 15 is 0 Å². The first-order valence-electron chi connectivity index (χ1n) is 7.72. The number of aryl methyl sites for hydroxylation is 2. The van der Waals surface area contributed by atoms with Gasteiger partial charge in [-0.15, -0.1) is 0 Å². The van der Waals surface area contributed by atoms with Crippen LogP contribution in [0, 0.1) is 34.1 Å². The molecule has 2 rings (SSSR count). The molecule has 0 aromatic heterocycles. The van der Waals surface area contributed by atoms with Gasteiger partial charge in [0.15, 0.2) is 0 Å². The zero-order valence-corrected chi connectivity index (χ0v) is 14.3. The van der Waals surface area contributed by atoms with E-state index in [-0.39, 0.29) is 0 Å². The monoisotopic (exact) mass is 354 g/mol. The normalized spacial score (nSPS) is 11.8. The van der Waals surface area contributed by atoms with E-state index in [9.17, 15) is 20.2 Å². The smallest absolute Gasteiger partial charge is 0.356 e. The molecule has 0 heterocycles. The fourth-order valence-electron chi connectivity index (χ4n) is 2.21. The molecule has 0 saturated carbocycles. The van der Waals surface area contributed by atoms with Crippen LogP contribution in [0.25, 0.3) is 0 Å². The molecular weight excluding hydrogens is 336 g/mol. The minimum atomic E-state index is -0.796. The van der Waals surface area contributed by atoms with Crippen LogP contribution in [0.5, 0.6) is 0 Å². The lowest BCUT2D eigenvalue weighted by atomic mass is 10.2. The van der Waals surface area contributed by atoms with Crippen LogP contribution in [0.3, 0.4) is 0 Å². The Morgan fingerprint density at radius 1 is 0.808 bits per heavy atom. The largest absolute Gasteiger partial charge is 0.363 e. The van der Waals surface area contributed by atoms with Crippen LogP contribution in [0.1, 0.15) is 11.1 Å². The lowest BCUT2D eigenvalue weighted by molar-refractivity contribution is -0.479. The molecule has 134 valence electrons. The second kappa shape index (κ2) is 8.43. The number of hydrogen-bond acceptors (Lipinski definition) is 6. The fourth-order valence-corrected chi connectivity index (χ4v) is 2.21. The number of benzene rings is 2. The number of nitro groups is 2. The predicted molar refractivity (Wildman–Crippen MR) is 99.8 cm³/mol. The highest BCUT2D eigenvalue weighted by Crippen LogP contribution is 2.16. The summed E-state index contributed by atoms with van der Waals surface area (Å²) in [5.41, 5.74) is 1.79. The molecule has 0 unspecified atom stereocenters. The third kappa shape index (κ3) is 5.17. The molecule has 0 fully saturated rings. The van der Waals surface area contributed by atoms with Crippen LogP contribution in [0.2, 0.25) is 0 Å². The van der Waals surface area contributed by atoms with Gasteiger partial charge in [-0.05, 0) is 49.2 Å². The number of anilines is 2. The SMILES string of the molecule is Cc1cccc(N/C=C(\C(=C/Nc2cccc(C)c2)[N+](=O)[O-])[N+](=O)[O-])c1. The molecule has 8 heteroatoms. The van der Waals surface area contributed by atoms with Crippen LogP contribution in [-0.4, -0.2) is 9.85 Å². The van der Waals surface area contributed by atoms with E-state index in [1.807, 2.05) is 26.0 Å². The second-order valence-corrected chi connectivity index (χ2v) is 5.60. The van der Waals surface area contributed by atoms with Crippen molar-refractivity contribution in [3.05, 3.63) is 104 Å². The van der Waals surface area contributed by atoms with E-state index < -0.39 is 21.2 Å². The molecule has 0 amide bonds. The summed E-state index contributed by atoms with van der Waals surface area (Å²) in [7, 11) is 0. The van der Waals surface area contributed by atoms with Crippen molar-refractivity contribution >= 4 is 11.4 Å². The van der Waals surface area contributed by atoms with Crippen molar-refractivity contribution in [2.24, 2.45) is 0 Å². The van der Waals surface area contributed by atoms with Gasteiger partial charge in [0.05, 0.1) is 22.2 Å². The molecule has 0 aliphatic rings. The fraction of sp³-hybridized carbons (Fsp3) is 0.111. The summed E-state index contributed by atoms with van der Waals surface area (Å²) in [6.45, 7) is 3.74. The third-order valence-electron chi connectivity index (χ3n) is 3.44. The van der Waals surface area contributed by atoms with Gasteiger partial charge in [0.1, 0.15) is 0 Å². The topological polar surface area (TPSA) is 110 Å². The molecule has 0 atom stereocenters. The summed E-state index contributed by atoms with van der Waals surface area (Å²) in [6, 6.07) is 14.3. The van der Waals surface area contributed by atoms with E-state index in [0.717, 1.165) is 23.5 Å². The van der Waals surface area contributed by atoms with E-state index in [4.69, 9.17) is 0 Å². The molecule has 26 heavy (non-hydrogen) atoms. The molecule has 0 aliphatic heterocycles. The summed E-state index contributed by atoms with van der Waals surface area (Å²) < 4.78 is 0. The molecule has 0 saturated heterocycles. The standard InChI is InChI=1S/C18H18N4O4/c1-13-5-3-7-15(9-13)19-11-17(21(23)24)18(22(25)26)12-20-16-8-4-6-14(2)10-16/h3-12,19-20H,1-2H3/b17-11+,18-12+. The Hall–Kier alpha value is -3.68. The molecule has 0 spiro atoms. The maximum absolute atomic E-state index is 11.3. The Bertz CT molecular complexity index is 817. The van der Waals surface area contributed by atoms with Crippen LogP contribution < -0.4 is 10.6 Å². The first-order chi connectivity index (χ1) is 12.4. The van der Waals surface area contributed by atoms with Crippen molar-refractivity contribution in [1.82, 2.24) is 0 Å². The number of rotatable bonds is 7. The first kappa shape index (κ1) is 18.7. The summed E-state index contributed by atoms with van der Waals surface area (Å²) >= 11 is 0. The Morgan fingerprint density at radius 3 is 1.50 bits per heavy atom. The van der Waals surface area contributed by atoms with Gasteiger partial charge >= 0.3 is 11.4 Å². The highest BCUT2D eigenvalue weighted by Gasteiger charge is 2.29. The summed E-state index contributed by atoms with van der Waals surface area (Å²) in [4.78, 5) is 21.1. The first-order valence-corrected chi connectivity index (χ1v) is 7.72. The molecule has 0 aliphatic carbocycles. The maximum atomic E-state index is 11.3. The molecule has 0 radical (unpaired) electrons. The summed E-state index contributed by atoms with van der Waals surface area (Å²) in [6.07, 6.45) is 2.03. The highest BCUT2D eigenvalue weighted by atomic mass is 16.6. The van der Waals surface area contributed by atoms with Gasteiger partial charge in [-0.25, -0.2) is 0 Å². The average molecular weight is 354 g/mol. The van der Waals surface area contributed by atoms with Crippen LogP contribution in [0.15, 0.2) is 72.3 Å². The summed E-state index contributed by atoms with van der Waals surface area (Å²) in [5.74, 6) is 0. The van der Waals surface area contributed by atoms with Gasteiger partial charge in [0.25, 0.3) is 0 Å². The van der Waals surface area contributed by atoms with Crippen molar-refractivity contribution in [3.8, 4) is 0 Å². The van der Waals surface area contributed by atoms with Crippen molar-refractivity contribution in [2.75, 3.05) is 10.6 Å². The van der Waals surface area contributed by atoms with Gasteiger partial charge in [-0.2, -0.15) is 0 Å². The summed E-state index contributed by atoms with van der Waals surface area (Å²) in [5, 5.41) is 28.1. The molecule has 2 aromatic rings. The lowest BCUT2D eigenvalue weighted by Gasteiger charge is -2.04. The molecule has 2 N–H and O–H groups in total. The molecule has 8 nitrogen and oxygen atoms in total. The van der Waals surface area contributed by atoms with Crippen molar-refractivity contribution in [2.45, 2.75) is 13.8 Å².